The second kappa shape index (κ2) is 8.82. The van der Waals surface area contributed by atoms with Crippen molar-refractivity contribution in [3.05, 3.63) is 36.0 Å². The minimum atomic E-state index is -0.146. The molecule has 3 N–H and O–H groups in total. The number of nitrogens with zero attached hydrogens (tertiary/aromatic N) is 2. The molecule has 140 valence electrons. The second-order valence-electron chi connectivity index (χ2n) is 6.64. The first-order valence-corrected chi connectivity index (χ1v) is 9.00. The first kappa shape index (κ1) is 18.4. The molecule has 0 saturated carbocycles. The molecule has 7 heteroatoms. The molecule has 0 unspecified atom stereocenters. The summed E-state index contributed by atoms with van der Waals surface area (Å²) < 4.78 is 5.25. The maximum atomic E-state index is 12.6. The fourth-order valence-corrected chi connectivity index (χ4v) is 3.38. The summed E-state index contributed by atoms with van der Waals surface area (Å²) in [6.07, 6.45) is 3.73. The predicted molar refractivity (Wildman–Crippen MR) is 99.2 cm³/mol. The van der Waals surface area contributed by atoms with Crippen molar-refractivity contribution in [3.63, 3.8) is 0 Å². The summed E-state index contributed by atoms with van der Waals surface area (Å²) in [4.78, 5) is 14.9. The SMILES string of the molecule is COc1cccc(-c2[nH]ncc2C(=O)NCCN2CCC[C@@H](CO)C2)c1. The van der Waals surface area contributed by atoms with Crippen LogP contribution in [0.3, 0.4) is 0 Å². The lowest BCUT2D eigenvalue weighted by atomic mass is 9.99. The number of hydrogen-bond acceptors (Lipinski definition) is 5. The second-order valence-corrected chi connectivity index (χ2v) is 6.64. The zero-order chi connectivity index (χ0) is 18.4. The number of aromatic nitrogens is 2. The summed E-state index contributed by atoms with van der Waals surface area (Å²) in [6.45, 7) is 3.51. The van der Waals surface area contributed by atoms with E-state index < -0.39 is 0 Å². The lowest BCUT2D eigenvalue weighted by Gasteiger charge is -2.31. The van der Waals surface area contributed by atoms with Gasteiger partial charge in [-0.1, -0.05) is 12.1 Å². The van der Waals surface area contributed by atoms with Crippen LogP contribution in [0.4, 0.5) is 0 Å². The summed E-state index contributed by atoms with van der Waals surface area (Å²) in [5.41, 5.74) is 2.05. The Labute approximate surface area is 153 Å². The normalized spacial score (nSPS) is 17.8. The topological polar surface area (TPSA) is 90.5 Å². The highest BCUT2D eigenvalue weighted by Crippen LogP contribution is 2.25. The molecule has 0 radical (unpaired) electrons. The van der Waals surface area contributed by atoms with Crippen molar-refractivity contribution in [2.45, 2.75) is 12.8 Å². The van der Waals surface area contributed by atoms with Gasteiger partial charge in [0.25, 0.3) is 5.91 Å². The summed E-state index contributed by atoms with van der Waals surface area (Å²) in [5.74, 6) is 0.937. The van der Waals surface area contributed by atoms with Gasteiger partial charge in [0.2, 0.25) is 0 Å². The third-order valence-electron chi connectivity index (χ3n) is 4.82. The number of ether oxygens (including phenoxy) is 1. The van der Waals surface area contributed by atoms with Crippen LogP contribution in [-0.4, -0.2) is 66.0 Å². The molecule has 1 amide bonds. The molecule has 1 aliphatic rings. The number of carbonyl (C=O) groups excluding carboxylic acids is 1. The first-order chi connectivity index (χ1) is 12.7. The van der Waals surface area contributed by atoms with Gasteiger partial charge in [-0.15, -0.1) is 0 Å². The standard InChI is InChI=1S/C19H26N4O3/c1-26-16-6-2-5-15(10-16)18-17(11-21-22-18)19(25)20-7-9-23-8-3-4-14(12-23)13-24/h2,5-6,10-11,14,24H,3-4,7-9,12-13H2,1H3,(H,20,25)(H,21,22)/t14-/m1/s1. The van der Waals surface area contributed by atoms with E-state index in [1.54, 1.807) is 13.3 Å². The first-order valence-electron chi connectivity index (χ1n) is 9.00. The molecule has 2 aromatic rings. The van der Waals surface area contributed by atoms with Gasteiger partial charge in [-0.25, -0.2) is 0 Å². The summed E-state index contributed by atoms with van der Waals surface area (Å²) in [6, 6.07) is 7.52. The van der Waals surface area contributed by atoms with Crippen molar-refractivity contribution in [1.29, 1.82) is 0 Å². The largest absolute Gasteiger partial charge is 0.497 e. The minimum Gasteiger partial charge on any atom is -0.497 e. The molecule has 7 nitrogen and oxygen atoms in total. The Balaban J connectivity index is 1.58. The van der Waals surface area contributed by atoms with Gasteiger partial charge < -0.3 is 20.1 Å². The Morgan fingerprint density at radius 1 is 1.50 bits per heavy atom. The lowest BCUT2D eigenvalue weighted by molar-refractivity contribution is 0.0931. The highest BCUT2D eigenvalue weighted by atomic mass is 16.5. The number of aromatic amines is 1. The number of amides is 1. The average molecular weight is 358 g/mol. The Morgan fingerprint density at radius 3 is 3.19 bits per heavy atom. The molecule has 0 bridgehead atoms. The van der Waals surface area contributed by atoms with E-state index in [-0.39, 0.29) is 12.5 Å². The molecule has 1 aromatic carbocycles. The zero-order valence-electron chi connectivity index (χ0n) is 15.1. The van der Waals surface area contributed by atoms with Crippen LogP contribution in [0.1, 0.15) is 23.2 Å². The molecular formula is C19H26N4O3. The number of H-pyrrole nitrogens is 1. The molecule has 3 rings (SSSR count). The van der Waals surface area contributed by atoms with Crippen LogP contribution in [0.5, 0.6) is 5.75 Å². The van der Waals surface area contributed by atoms with Gasteiger partial charge in [0.1, 0.15) is 5.75 Å². The highest BCUT2D eigenvalue weighted by Gasteiger charge is 2.20. The number of nitrogens with one attached hydrogen (secondary N) is 2. The summed E-state index contributed by atoms with van der Waals surface area (Å²) >= 11 is 0. The van der Waals surface area contributed by atoms with Crippen LogP contribution in [0.2, 0.25) is 0 Å². The third-order valence-corrected chi connectivity index (χ3v) is 4.82. The Kier molecular flexibility index (Phi) is 6.25. The van der Waals surface area contributed by atoms with E-state index in [0.717, 1.165) is 43.8 Å². The van der Waals surface area contributed by atoms with E-state index in [2.05, 4.69) is 20.4 Å². The fourth-order valence-electron chi connectivity index (χ4n) is 3.38. The smallest absolute Gasteiger partial charge is 0.255 e. The van der Waals surface area contributed by atoms with Crippen molar-refractivity contribution >= 4 is 5.91 Å². The van der Waals surface area contributed by atoms with Crippen LogP contribution in [-0.2, 0) is 0 Å². The number of benzene rings is 1. The molecule has 1 aliphatic heterocycles. The van der Waals surface area contributed by atoms with Crippen molar-refractivity contribution in [2.75, 3.05) is 39.9 Å². The van der Waals surface area contributed by atoms with E-state index in [1.165, 1.54) is 0 Å². The van der Waals surface area contributed by atoms with Crippen molar-refractivity contribution < 1.29 is 14.6 Å². The van der Waals surface area contributed by atoms with Crippen LogP contribution in [0.15, 0.2) is 30.5 Å². The summed E-state index contributed by atoms with van der Waals surface area (Å²) in [7, 11) is 1.61. The molecule has 1 fully saturated rings. The van der Waals surface area contributed by atoms with E-state index >= 15 is 0 Å². The van der Waals surface area contributed by atoms with Gasteiger partial charge in [0.05, 0.1) is 24.6 Å². The fraction of sp³-hybridized carbons (Fsp3) is 0.474. The van der Waals surface area contributed by atoms with Gasteiger partial charge >= 0.3 is 0 Å². The maximum Gasteiger partial charge on any atom is 0.255 e. The molecule has 26 heavy (non-hydrogen) atoms. The van der Waals surface area contributed by atoms with Gasteiger partial charge in [0, 0.05) is 31.8 Å². The third kappa shape index (κ3) is 4.42. The van der Waals surface area contributed by atoms with E-state index in [9.17, 15) is 9.90 Å². The van der Waals surface area contributed by atoms with Gasteiger partial charge in [-0.2, -0.15) is 5.10 Å². The van der Waals surface area contributed by atoms with E-state index in [4.69, 9.17) is 4.74 Å². The summed E-state index contributed by atoms with van der Waals surface area (Å²) in [5, 5.41) is 19.2. The maximum absolute atomic E-state index is 12.6. The number of likely N-dealkylation sites (tertiary alicyclic amines) is 1. The van der Waals surface area contributed by atoms with Crippen LogP contribution in [0.25, 0.3) is 11.3 Å². The molecule has 0 spiro atoms. The van der Waals surface area contributed by atoms with Gasteiger partial charge in [-0.3, -0.25) is 9.89 Å². The van der Waals surface area contributed by atoms with Crippen LogP contribution in [0, 0.1) is 5.92 Å². The molecule has 1 atom stereocenters. The number of rotatable bonds is 7. The van der Waals surface area contributed by atoms with Gasteiger partial charge in [0.15, 0.2) is 0 Å². The average Bonchev–Trinajstić information content (AvgIpc) is 3.18. The number of methoxy groups -OCH3 is 1. The Morgan fingerprint density at radius 2 is 2.38 bits per heavy atom. The predicted octanol–water partition coefficient (Wildman–Crippen LogP) is 1.52. The van der Waals surface area contributed by atoms with Crippen molar-refractivity contribution in [2.24, 2.45) is 5.92 Å². The van der Waals surface area contributed by atoms with Crippen molar-refractivity contribution in [3.8, 4) is 17.0 Å². The Bertz CT molecular complexity index is 731. The lowest BCUT2D eigenvalue weighted by Crippen LogP contribution is -2.41. The van der Waals surface area contributed by atoms with E-state index in [0.29, 0.717) is 23.7 Å². The number of carbonyl (C=O) groups is 1. The Hall–Kier alpha value is -2.38. The zero-order valence-corrected chi connectivity index (χ0v) is 15.1. The van der Waals surface area contributed by atoms with Crippen molar-refractivity contribution in [1.82, 2.24) is 20.4 Å². The van der Waals surface area contributed by atoms with E-state index in [1.807, 2.05) is 24.3 Å². The monoisotopic (exact) mass is 358 g/mol. The van der Waals surface area contributed by atoms with Gasteiger partial charge in [-0.05, 0) is 37.4 Å². The molecule has 1 aromatic heterocycles. The highest BCUT2D eigenvalue weighted by molar-refractivity contribution is 5.99. The molecule has 2 heterocycles. The van der Waals surface area contributed by atoms with Crippen LogP contribution >= 0.6 is 0 Å². The molecular weight excluding hydrogens is 332 g/mol. The van der Waals surface area contributed by atoms with Crippen LogP contribution < -0.4 is 10.1 Å². The minimum absolute atomic E-state index is 0.146. The quantitative estimate of drug-likeness (QED) is 0.698. The molecule has 1 saturated heterocycles. The number of aliphatic hydroxyl groups is 1. The number of hydrogen-bond donors (Lipinski definition) is 3. The number of piperidine rings is 1. The molecule has 0 aliphatic carbocycles. The number of aliphatic hydroxyl groups excluding tert-OH is 1.